The lowest BCUT2D eigenvalue weighted by molar-refractivity contribution is -0.143. The van der Waals surface area contributed by atoms with E-state index >= 15 is 0 Å². The van der Waals surface area contributed by atoms with Crippen LogP contribution in [0.3, 0.4) is 0 Å². The SMILES string of the molecule is O=C(NC[C@]1(c2ccccc2)CC[C@@H](N2CCC(c3ccc(F)cc3)CC2)CC1)c1cc(C(F)(F)F)cc(C(F)(F)F)c1. The van der Waals surface area contributed by atoms with Crippen LogP contribution in [0.15, 0.2) is 72.8 Å². The topological polar surface area (TPSA) is 32.3 Å². The fourth-order valence-electron chi connectivity index (χ4n) is 6.65. The summed E-state index contributed by atoms with van der Waals surface area (Å²) >= 11 is 0. The lowest BCUT2D eigenvalue weighted by atomic mass is 9.67. The third kappa shape index (κ3) is 7.22. The quantitative estimate of drug-likeness (QED) is 0.286. The first-order valence-electron chi connectivity index (χ1n) is 14.5. The van der Waals surface area contributed by atoms with Gasteiger partial charge >= 0.3 is 12.4 Å². The molecule has 1 amide bonds. The van der Waals surface area contributed by atoms with Gasteiger partial charge in [0.15, 0.2) is 0 Å². The van der Waals surface area contributed by atoms with Gasteiger partial charge in [-0.3, -0.25) is 4.79 Å². The van der Waals surface area contributed by atoms with Gasteiger partial charge in [0, 0.05) is 23.6 Å². The Morgan fingerprint density at radius 1 is 0.791 bits per heavy atom. The number of piperidine rings is 1. The van der Waals surface area contributed by atoms with Crippen molar-refractivity contribution < 1.29 is 35.5 Å². The van der Waals surface area contributed by atoms with Crippen molar-refractivity contribution in [2.45, 2.75) is 68.3 Å². The monoisotopic (exact) mass is 606 g/mol. The molecule has 1 heterocycles. The van der Waals surface area contributed by atoms with E-state index in [1.54, 1.807) is 0 Å². The van der Waals surface area contributed by atoms with Crippen molar-refractivity contribution >= 4 is 5.91 Å². The van der Waals surface area contributed by atoms with Crippen LogP contribution in [0.2, 0.25) is 0 Å². The molecule has 0 bridgehead atoms. The zero-order chi connectivity index (χ0) is 30.8. The molecule has 0 radical (unpaired) electrons. The number of carbonyl (C=O) groups is 1. The highest BCUT2D eigenvalue weighted by molar-refractivity contribution is 5.94. The van der Waals surface area contributed by atoms with Crippen molar-refractivity contribution in [3.8, 4) is 0 Å². The van der Waals surface area contributed by atoms with E-state index in [2.05, 4.69) is 10.2 Å². The number of alkyl halides is 6. The third-order valence-corrected chi connectivity index (χ3v) is 9.12. The highest BCUT2D eigenvalue weighted by Gasteiger charge is 2.41. The number of nitrogens with one attached hydrogen (secondary N) is 1. The minimum Gasteiger partial charge on any atom is -0.351 e. The van der Waals surface area contributed by atoms with Crippen LogP contribution in [0.25, 0.3) is 0 Å². The van der Waals surface area contributed by atoms with Crippen LogP contribution in [0, 0.1) is 5.82 Å². The van der Waals surface area contributed by atoms with E-state index in [0.29, 0.717) is 36.9 Å². The zero-order valence-electron chi connectivity index (χ0n) is 23.4. The van der Waals surface area contributed by atoms with Gasteiger partial charge in [-0.2, -0.15) is 26.3 Å². The van der Waals surface area contributed by atoms with Crippen LogP contribution >= 0.6 is 0 Å². The van der Waals surface area contributed by atoms with E-state index < -0.39 is 40.4 Å². The lowest BCUT2D eigenvalue weighted by Gasteiger charge is -2.46. The summed E-state index contributed by atoms with van der Waals surface area (Å²) in [4.78, 5) is 15.5. The van der Waals surface area contributed by atoms with E-state index in [0.717, 1.165) is 49.9 Å². The van der Waals surface area contributed by atoms with E-state index in [1.807, 2.05) is 42.5 Å². The number of likely N-dealkylation sites (tertiary alicyclic amines) is 1. The molecule has 1 aliphatic carbocycles. The van der Waals surface area contributed by atoms with Gasteiger partial charge in [0.1, 0.15) is 5.82 Å². The number of hydrogen-bond acceptors (Lipinski definition) is 2. The molecule has 2 aliphatic rings. The van der Waals surface area contributed by atoms with E-state index in [-0.39, 0.29) is 18.4 Å². The molecule has 43 heavy (non-hydrogen) atoms. The first-order chi connectivity index (χ1) is 20.3. The molecule has 1 saturated heterocycles. The molecule has 3 nitrogen and oxygen atoms in total. The molecule has 1 saturated carbocycles. The highest BCUT2D eigenvalue weighted by atomic mass is 19.4. The Bertz CT molecular complexity index is 1360. The van der Waals surface area contributed by atoms with E-state index in [9.17, 15) is 35.5 Å². The largest absolute Gasteiger partial charge is 0.416 e. The highest BCUT2D eigenvalue weighted by Crippen LogP contribution is 2.42. The van der Waals surface area contributed by atoms with Gasteiger partial charge in [-0.15, -0.1) is 0 Å². The van der Waals surface area contributed by atoms with Crippen molar-refractivity contribution in [2.24, 2.45) is 0 Å². The number of rotatable bonds is 6. The standard InChI is InChI=1S/C33H33F7N2O/c34-28-8-6-22(7-9-28)23-12-16-42(17-13-23)29-10-14-31(15-11-29,25-4-2-1-3-5-25)21-41-30(43)24-18-26(32(35,36)37)20-27(19-24)33(38,39)40/h1-9,18-20,23,29H,10-17,21H2,(H,41,43)/t29-,31+. The minimum atomic E-state index is -5.03. The lowest BCUT2D eigenvalue weighted by Crippen LogP contribution is -2.49. The summed E-state index contributed by atoms with van der Waals surface area (Å²) in [5, 5.41) is 2.67. The fraction of sp³-hybridized carbons (Fsp3) is 0.424. The number of benzene rings is 3. The van der Waals surface area contributed by atoms with Crippen LogP contribution in [-0.4, -0.2) is 36.5 Å². The first-order valence-corrected chi connectivity index (χ1v) is 14.5. The summed E-state index contributed by atoms with van der Waals surface area (Å²) in [6, 6.07) is 17.5. The smallest absolute Gasteiger partial charge is 0.351 e. The second kappa shape index (κ2) is 12.3. The Kier molecular flexibility index (Phi) is 8.88. The summed E-state index contributed by atoms with van der Waals surface area (Å²) in [5.41, 5.74) is -2.10. The average Bonchev–Trinajstić information content (AvgIpc) is 3.00. The maximum absolute atomic E-state index is 13.4. The summed E-state index contributed by atoms with van der Waals surface area (Å²) in [7, 11) is 0. The molecule has 3 aromatic rings. The van der Waals surface area contributed by atoms with Crippen molar-refractivity contribution in [1.82, 2.24) is 10.2 Å². The Hall–Kier alpha value is -3.40. The van der Waals surface area contributed by atoms with Gasteiger partial charge in [-0.05, 0) is 99.0 Å². The predicted molar refractivity (Wildman–Crippen MR) is 149 cm³/mol. The maximum atomic E-state index is 13.4. The summed E-state index contributed by atoms with van der Waals surface area (Å²) in [6.45, 7) is 1.92. The van der Waals surface area contributed by atoms with Crippen molar-refractivity contribution in [3.63, 3.8) is 0 Å². The minimum absolute atomic E-state index is 0.0198. The number of halogens is 7. The normalized spacial score (nSPS) is 22.3. The average molecular weight is 607 g/mol. The molecular formula is C33H33F7N2O. The van der Waals surface area contributed by atoms with Crippen LogP contribution < -0.4 is 5.32 Å². The molecule has 230 valence electrons. The predicted octanol–water partition coefficient (Wildman–Crippen LogP) is 8.35. The van der Waals surface area contributed by atoms with Gasteiger partial charge < -0.3 is 10.2 Å². The molecule has 10 heteroatoms. The molecular weight excluding hydrogens is 573 g/mol. The van der Waals surface area contributed by atoms with E-state index in [1.165, 1.54) is 12.1 Å². The van der Waals surface area contributed by atoms with Crippen LogP contribution in [0.5, 0.6) is 0 Å². The number of amides is 1. The molecule has 0 spiro atoms. The van der Waals surface area contributed by atoms with Crippen molar-refractivity contribution in [3.05, 3.63) is 106 Å². The Morgan fingerprint density at radius 3 is 1.88 bits per heavy atom. The number of carbonyl (C=O) groups excluding carboxylic acids is 1. The molecule has 0 aromatic heterocycles. The second-order valence-corrected chi connectivity index (χ2v) is 11.7. The van der Waals surface area contributed by atoms with Crippen molar-refractivity contribution in [2.75, 3.05) is 19.6 Å². The molecule has 3 aromatic carbocycles. The van der Waals surface area contributed by atoms with Crippen LogP contribution in [-0.2, 0) is 17.8 Å². The molecule has 1 aliphatic heterocycles. The van der Waals surface area contributed by atoms with Crippen molar-refractivity contribution in [1.29, 1.82) is 0 Å². The first kappa shape index (κ1) is 31.0. The summed E-state index contributed by atoms with van der Waals surface area (Å²) < 4.78 is 93.5. The summed E-state index contributed by atoms with van der Waals surface area (Å²) in [6.07, 6.45) is -5.04. The molecule has 2 fully saturated rings. The number of nitrogens with zero attached hydrogens (tertiary/aromatic N) is 1. The second-order valence-electron chi connectivity index (χ2n) is 11.7. The van der Waals surface area contributed by atoms with Gasteiger partial charge in [0.25, 0.3) is 5.91 Å². The maximum Gasteiger partial charge on any atom is 0.416 e. The molecule has 0 unspecified atom stereocenters. The van der Waals surface area contributed by atoms with Gasteiger partial charge in [0.2, 0.25) is 0 Å². The van der Waals surface area contributed by atoms with Gasteiger partial charge in [-0.1, -0.05) is 42.5 Å². The molecule has 0 atom stereocenters. The third-order valence-electron chi connectivity index (χ3n) is 9.12. The Balaban J connectivity index is 1.27. The van der Waals surface area contributed by atoms with Crippen LogP contribution in [0.1, 0.15) is 77.1 Å². The Labute approximate surface area is 246 Å². The molecule has 5 rings (SSSR count). The fourth-order valence-corrected chi connectivity index (χ4v) is 6.65. The van der Waals surface area contributed by atoms with E-state index in [4.69, 9.17) is 0 Å². The molecule has 1 N–H and O–H groups in total. The van der Waals surface area contributed by atoms with Gasteiger partial charge in [-0.25, -0.2) is 4.39 Å². The number of hydrogen-bond donors (Lipinski definition) is 1. The van der Waals surface area contributed by atoms with Gasteiger partial charge in [0.05, 0.1) is 11.1 Å². The zero-order valence-corrected chi connectivity index (χ0v) is 23.4. The van der Waals surface area contributed by atoms with Crippen LogP contribution in [0.4, 0.5) is 30.7 Å². The Morgan fingerprint density at radius 2 is 1.35 bits per heavy atom. The summed E-state index contributed by atoms with van der Waals surface area (Å²) in [5.74, 6) is -0.841.